The van der Waals surface area contributed by atoms with Gasteiger partial charge in [-0.15, -0.1) is 0 Å². The quantitative estimate of drug-likeness (QED) is 0.752. The minimum Gasteiger partial charge on any atom is -0.313 e. The first-order valence-corrected chi connectivity index (χ1v) is 6.61. The van der Waals surface area contributed by atoms with Gasteiger partial charge in [-0.2, -0.15) is 0 Å². The van der Waals surface area contributed by atoms with Crippen LogP contribution >= 0.6 is 0 Å². The van der Waals surface area contributed by atoms with Gasteiger partial charge in [-0.05, 0) is 37.8 Å². The van der Waals surface area contributed by atoms with Gasteiger partial charge in [0.05, 0.1) is 0 Å². The normalized spacial score (nSPS) is 32.8. The second kappa shape index (κ2) is 4.84. The second-order valence-electron chi connectivity index (χ2n) is 6.15. The maximum atomic E-state index is 3.69. The SMILES string of the molecule is CC1(C)CCN(CC2CCCCCN2)C1. The van der Waals surface area contributed by atoms with Gasteiger partial charge >= 0.3 is 0 Å². The molecule has 0 aromatic heterocycles. The molecule has 0 spiro atoms. The van der Waals surface area contributed by atoms with Crippen LogP contribution in [-0.2, 0) is 0 Å². The lowest BCUT2D eigenvalue weighted by Crippen LogP contribution is -2.40. The van der Waals surface area contributed by atoms with E-state index in [-0.39, 0.29) is 0 Å². The van der Waals surface area contributed by atoms with Crippen molar-refractivity contribution in [1.29, 1.82) is 0 Å². The summed E-state index contributed by atoms with van der Waals surface area (Å²) in [5.74, 6) is 0. The van der Waals surface area contributed by atoms with Gasteiger partial charge in [-0.25, -0.2) is 0 Å². The third kappa shape index (κ3) is 3.46. The molecule has 2 saturated heterocycles. The van der Waals surface area contributed by atoms with Gasteiger partial charge in [-0.3, -0.25) is 0 Å². The van der Waals surface area contributed by atoms with E-state index in [2.05, 4.69) is 24.1 Å². The summed E-state index contributed by atoms with van der Waals surface area (Å²) in [5, 5.41) is 3.69. The number of rotatable bonds is 2. The molecule has 0 aromatic rings. The molecule has 2 aliphatic heterocycles. The first-order valence-electron chi connectivity index (χ1n) is 6.61. The predicted molar refractivity (Wildman–Crippen MR) is 65.1 cm³/mol. The lowest BCUT2D eigenvalue weighted by molar-refractivity contribution is 0.257. The van der Waals surface area contributed by atoms with Crippen LogP contribution in [0.3, 0.4) is 0 Å². The van der Waals surface area contributed by atoms with Crippen LogP contribution in [0.5, 0.6) is 0 Å². The van der Waals surface area contributed by atoms with Crippen molar-refractivity contribution in [2.24, 2.45) is 5.41 Å². The fraction of sp³-hybridized carbons (Fsp3) is 1.00. The van der Waals surface area contributed by atoms with Crippen molar-refractivity contribution in [1.82, 2.24) is 10.2 Å². The predicted octanol–water partition coefficient (Wildman–Crippen LogP) is 2.25. The highest BCUT2D eigenvalue weighted by Crippen LogP contribution is 2.29. The number of nitrogens with zero attached hydrogens (tertiary/aromatic N) is 1. The lowest BCUT2D eigenvalue weighted by atomic mass is 9.93. The Morgan fingerprint density at radius 2 is 2.13 bits per heavy atom. The van der Waals surface area contributed by atoms with Crippen molar-refractivity contribution >= 4 is 0 Å². The van der Waals surface area contributed by atoms with Gasteiger partial charge in [0.1, 0.15) is 0 Å². The molecule has 2 rings (SSSR count). The van der Waals surface area contributed by atoms with E-state index in [1.54, 1.807) is 0 Å². The van der Waals surface area contributed by atoms with Gasteiger partial charge < -0.3 is 10.2 Å². The standard InChI is InChI=1S/C13H26N2/c1-13(2)7-9-15(11-13)10-12-6-4-3-5-8-14-12/h12,14H,3-11H2,1-2H3. The smallest absolute Gasteiger partial charge is 0.0195 e. The maximum Gasteiger partial charge on any atom is 0.0195 e. The first-order chi connectivity index (χ1) is 7.16. The van der Waals surface area contributed by atoms with Crippen LogP contribution in [0.1, 0.15) is 46.0 Å². The Balaban J connectivity index is 1.76. The van der Waals surface area contributed by atoms with E-state index in [1.807, 2.05) is 0 Å². The van der Waals surface area contributed by atoms with Crippen molar-refractivity contribution in [3.8, 4) is 0 Å². The summed E-state index contributed by atoms with van der Waals surface area (Å²) in [6, 6.07) is 0.765. The van der Waals surface area contributed by atoms with Crippen LogP contribution in [0, 0.1) is 5.41 Å². The van der Waals surface area contributed by atoms with E-state index in [0.717, 1.165) is 6.04 Å². The van der Waals surface area contributed by atoms with Crippen molar-refractivity contribution < 1.29 is 0 Å². The highest BCUT2D eigenvalue weighted by molar-refractivity contribution is 4.85. The molecule has 1 atom stereocenters. The average molecular weight is 210 g/mol. The molecule has 15 heavy (non-hydrogen) atoms. The van der Waals surface area contributed by atoms with Crippen molar-refractivity contribution in [3.63, 3.8) is 0 Å². The van der Waals surface area contributed by atoms with Gasteiger partial charge in [0.2, 0.25) is 0 Å². The maximum absolute atomic E-state index is 3.69. The molecule has 0 saturated carbocycles. The van der Waals surface area contributed by atoms with E-state index in [4.69, 9.17) is 0 Å². The molecule has 2 fully saturated rings. The minimum atomic E-state index is 0.560. The molecule has 2 aliphatic rings. The number of hydrogen-bond donors (Lipinski definition) is 1. The molecule has 2 heteroatoms. The average Bonchev–Trinajstić information content (AvgIpc) is 2.41. The third-order valence-electron chi connectivity index (χ3n) is 3.90. The molecule has 88 valence electrons. The van der Waals surface area contributed by atoms with Crippen molar-refractivity contribution in [3.05, 3.63) is 0 Å². The summed E-state index contributed by atoms with van der Waals surface area (Å²) >= 11 is 0. The van der Waals surface area contributed by atoms with Crippen molar-refractivity contribution in [2.75, 3.05) is 26.2 Å². The van der Waals surface area contributed by atoms with E-state index in [9.17, 15) is 0 Å². The van der Waals surface area contributed by atoms with Gasteiger partial charge in [0.25, 0.3) is 0 Å². The molecular formula is C13H26N2. The zero-order valence-electron chi connectivity index (χ0n) is 10.4. The molecule has 0 bridgehead atoms. The molecule has 0 amide bonds. The fourth-order valence-electron chi connectivity index (χ4n) is 2.95. The Bertz CT molecular complexity index is 190. The van der Waals surface area contributed by atoms with Crippen LogP contribution in [0.15, 0.2) is 0 Å². The topological polar surface area (TPSA) is 15.3 Å². The molecule has 2 heterocycles. The Labute approximate surface area is 94.4 Å². The highest BCUT2D eigenvalue weighted by atomic mass is 15.2. The minimum absolute atomic E-state index is 0.560. The van der Waals surface area contributed by atoms with E-state index in [0.29, 0.717) is 5.41 Å². The summed E-state index contributed by atoms with van der Waals surface area (Å²) < 4.78 is 0. The zero-order chi connectivity index (χ0) is 10.7. The fourth-order valence-corrected chi connectivity index (χ4v) is 2.95. The zero-order valence-corrected chi connectivity index (χ0v) is 10.4. The third-order valence-corrected chi connectivity index (χ3v) is 3.90. The Morgan fingerprint density at radius 3 is 2.87 bits per heavy atom. The molecule has 1 unspecified atom stereocenters. The van der Waals surface area contributed by atoms with Gasteiger partial charge in [0.15, 0.2) is 0 Å². The number of hydrogen-bond acceptors (Lipinski definition) is 2. The second-order valence-corrected chi connectivity index (χ2v) is 6.15. The molecule has 0 radical (unpaired) electrons. The summed E-state index contributed by atoms with van der Waals surface area (Å²) in [4.78, 5) is 2.66. The monoisotopic (exact) mass is 210 g/mol. The summed E-state index contributed by atoms with van der Waals surface area (Å²) in [6.45, 7) is 9.92. The van der Waals surface area contributed by atoms with E-state index < -0.39 is 0 Å². The van der Waals surface area contributed by atoms with Crippen molar-refractivity contribution in [2.45, 2.75) is 52.0 Å². The summed E-state index contributed by atoms with van der Waals surface area (Å²) in [7, 11) is 0. The van der Waals surface area contributed by atoms with Crippen LogP contribution < -0.4 is 5.32 Å². The lowest BCUT2D eigenvalue weighted by Gasteiger charge is -2.24. The molecular weight excluding hydrogens is 184 g/mol. The van der Waals surface area contributed by atoms with Crippen LogP contribution in [0.25, 0.3) is 0 Å². The molecule has 0 aliphatic carbocycles. The van der Waals surface area contributed by atoms with E-state index >= 15 is 0 Å². The molecule has 0 aromatic carbocycles. The Hall–Kier alpha value is -0.0800. The van der Waals surface area contributed by atoms with Gasteiger partial charge in [-0.1, -0.05) is 26.7 Å². The van der Waals surface area contributed by atoms with Crippen LogP contribution in [0.4, 0.5) is 0 Å². The Kier molecular flexibility index (Phi) is 3.68. The first kappa shape index (κ1) is 11.4. The summed E-state index contributed by atoms with van der Waals surface area (Å²) in [6.07, 6.45) is 6.99. The van der Waals surface area contributed by atoms with Gasteiger partial charge in [0, 0.05) is 19.1 Å². The Morgan fingerprint density at radius 1 is 1.27 bits per heavy atom. The number of likely N-dealkylation sites (tertiary alicyclic amines) is 1. The number of nitrogens with one attached hydrogen (secondary N) is 1. The van der Waals surface area contributed by atoms with Crippen LogP contribution in [0.2, 0.25) is 0 Å². The largest absolute Gasteiger partial charge is 0.313 e. The highest BCUT2D eigenvalue weighted by Gasteiger charge is 2.30. The van der Waals surface area contributed by atoms with Crippen LogP contribution in [-0.4, -0.2) is 37.1 Å². The molecule has 2 nitrogen and oxygen atoms in total. The molecule has 1 N–H and O–H groups in total. The van der Waals surface area contributed by atoms with E-state index in [1.165, 1.54) is 58.3 Å². The summed E-state index contributed by atoms with van der Waals surface area (Å²) in [5.41, 5.74) is 0.560.